The zero-order chi connectivity index (χ0) is 13.8. The molecule has 2 heterocycles. The second-order valence-corrected chi connectivity index (χ2v) is 4.57. The van der Waals surface area contributed by atoms with Crippen molar-refractivity contribution in [3.05, 3.63) is 66.9 Å². The molecule has 0 fully saturated rings. The number of hydrogen-bond acceptors (Lipinski definition) is 4. The summed E-state index contributed by atoms with van der Waals surface area (Å²) in [4.78, 5) is 8.30. The number of benzene rings is 1. The highest BCUT2D eigenvalue weighted by Crippen LogP contribution is 2.24. The Bertz CT molecular complexity index is 665. The molecule has 0 amide bonds. The molecule has 0 bridgehead atoms. The molecule has 1 aromatic carbocycles. The van der Waals surface area contributed by atoms with Gasteiger partial charge in [-0.3, -0.25) is 4.98 Å². The van der Waals surface area contributed by atoms with E-state index in [-0.39, 0.29) is 6.04 Å². The minimum atomic E-state index is 0.140. The lowest BCUT2D eigenvalue weighted by molar-refractivity contribution is 0.572. The van der Waals surface area contributed by atoms with Crippen molar-refractivity contribution in [1.29, 1.82) is 0 Å². The number of rotatable bonds is 4. The SMILES string of the molecule is CC(Nc1cccc(-c2cnco2)c1)c1ccccn1. The van der Waals surface area contributed by atoms with Gasteiger partial charge in [-0.15, -0.1) is 0 Å². The van der Waals surface area contributed by atoms with E-state index in [1.165, 1.54) is 6.39 Å². The van der Waals surface area contributed by atoms with E-state index in [9.17, 15) is 0 Å². The summed E-state index contributed by atoms with van der Waals surface area (Å²) in [5.74, 6) is 0.763. The fourth-order valence-electron chi connectivity index (χ4n) is 2.08. The fraction of sp³-hybridized carbons (Fsp3) is 0.125. The molecule has 0 aliphatic rings. The number of hydrogen-bond donors (Lipinski definition) is 1. The largest absolute Gasteiger partial charge is 0.444 e. The predicted molar refractivity (Wildman–Crippen MR) is 78.2 cm³/mol. The molecule has 0 saturated carbocycles. The Balaban J connectivity index is 1.80. The average Bonchev–Trinajstić information content (AvgIpc) is 3.03. The van der Waals surface area contributed by atoms with Crippen molar-refractivity contribution in [2.24, 2.45) is 0 Å². The molecule has 0 radical (unpaired) electrons. The third-order valence-electron chi connectivity index (χ3n) is 3.09. The van der Waals surface area contributed by atoms with E-state index in [4.69, 9.17) is 4.42 Å². The van der Waals surface area contributed by atoms with Crippen LogP contribution < -0.4 is 5.32 Å². The Kier molecular flexibility index (Phi) is 3.46. The first-order valence-corrected chi connectivity index (χ1v) is 6.49. The second-order valence-electron chi connectivity index (χ2n) is 4.57. The van der Waals surface area contributed by atoms with Crippen LogP contribution in [0.5, 0.6) is 0 Å². The monoisotopic (exact) mass is 265 g/mol. The highest BCUT2D eigenvalue weighted by atomic mass is 16.3. The summed E-state index contributed by atoms with van der Waals surface area (Å²) in [7, 11) is 0. The van der Waals surface area contributed by atoms with Gasteiger partial charge in [0.15, 0.2) is 12.2 Å². The molecule has 3 aromatic rings. The van der Waals surface area contributed by atoms with Crippen molar-refractivity contribution >= 4 is 5.69 Å². The van der Waals surface area contributed by atoms with Crippen molar-refractivity contribution in [2.75, 3.05) is 5.32 Å². The quantitative estimate of drug-likeness (QED) is 0.777. The van der Waals surface area contributed by atoms with E-state index in [0.717, 1.165) is 22.7 Å². The molecule has 1 unspecified atom stereocenters. The first-order valence-electron chi connectivity index (χ1n) is 6.49. The predicted octanol–water partition coefficient (Wildman–Crippen LogP) is 3.91. The van der Waals surface area contributed by atoms with Gasteiger partial charge >= 0.3 is 0 Å². The first kappa shape index (κ1) is 12.4. The summed E-state index contributed by atoms with van der Waals surface area (Å²) < 4.78 is 5.31. The van der Waals surface area contributed by atoms with E-state index < -0.39 is 0 Å². The maximum atomic E-state index is 5.31. The van der Waals surface area contributed by atoms with Gasteiger partial charge < -0.3 is 9.73 Å². The number of anilines is 1. The molecule has 1 N–H and O–H groups in total. The molecule has 20 heavy (non-hydrogen) atoms. The minimum Gasteiger partial charge on any atom is -0.444 e. The van der Waals surface area contributed by atoms with Gasteiger partial charge in [-0.25, -0.2) is 4.98 Å². The Morgan fingerprint density at radius 3 is 2.85 bits per heavy atom. The third kappa shape index (κ3) is 2.69. The Morgan fingerprint density at radius 1 is 1.15 bits per heavy atom. The van der Waals surface area contributed by atoms with Gasteiger partial charge in [-0.1, -0.05) is 18.2 Å². The molecule has 2 aromatic heterocycles. The van der Waals surface area contributed by atoms with Gasteiger partial charge in [-0.2, -0.15) is 0 Å². The molecule has 0 spiro atoms. The van der Waals surface area contributed by atoms with Crippen LogP contribution in [0, 0.1) is 0 Å². The van der Waals surface area contributed by atoms with Crippen molar-refractivity contribution in [2.45, 2.75) is 13.0 Å². The van der Waals surface area contributed by atoms with Gasteiger partial charge in [0.05, 0.1) is 17.9 Å². The van der Waals surface area contributed by atoms with Gasteiger partial charge in [0.25, 0.3) is 0 Å². The number of pyridine rings is 1. The van der Waals surface area contributed by atoms with Gasteiger partial charge in [0.1, 0.15) is 0 Å². The molecule has 1 atom stereocenters. The molecule has 0 aliphatic carbocycles. The van der Waals surface area contributed by atoms with Gasteiger partial charge in [0, 0.05) is 17.4 Å². The lowest BCUT2D eigenvalue weighted by Gasteiger charge is -2.15. The summed E-state index contributed by atoms with van der Waals surface area (Å²) in [5, 5.41) is 3.44. The van der Waals surface area contributed by atoms with E-state index in [1.807, 2.05) is 42.5 Å². The highest BCUT2D eigenvalue weighted by molar-refractivity contribution is 5.63. The number of nitrogens with one attached hydrogen (secondary N) is 1. The number of oxazole rings is 1. The summed E-state index contributed by atoms with van der Waals surface area (Å²) in [6, 6.07) is 14.1. The molecular weight excluding hydrogens is 250 g/mol. The Labute approximate surface area is 117 Å². The summed E-state index contributed by atoms with van der Waals surface area (Å²) >= 11 is 0. The molecule has 4 heteroatoms. The second kappa shape index (κ2) is 5.57. The smallest absolute Gasteiger partial charge is 0.181 e. The summed E-state index contributed by atoms with van der Waals surface area (Å²) in [6.07, 6.45) is 4.95. The highest BCUT2D eigenvalue weighted by Gasteiger charge is 2.07. The fourth-order valence-corrected chi connectivity index (χ4v) is 2.08. The molecule has 3 rings (SSSR count). The molecule has 100 valence electrons. The van der Waals surface area contributed by atoms with Gasteiger partial charge in [-0.05, 0) is 31.2 Å². The maximum absolute atomic E-state index is 5.31. The van der Waals surface area contributed by atoms with Crippen LogP contribution in [0.2, 0.25) is 0 Å². The van der Waals surface area contributed by atoms with Crippen LogP contribution in [0.1, 0.15) is 18.7 Å². The standard InChI is InChI=1S/C16H15N3O/c1-12(15-7-2-3-8-18-15)19-14-6-4-5-13(9-14)16-10-17-11-20-16/h2-12,19H,1H3. The minimum absolute atomic E-state index is 0.140. The van der Waals surface area contributed by atoms with Crippen molar-refractivity contribution in [1.82, 2.24) is 9.97 Å². The zero-order valence-electron chi connectivity index (χ0n) is 11.2. The Morgan fingerprint density at radius 2 is 2.10 bits per heavy atom. The number of aromatic nitrogens is 2. The average molecular weight is 265 g/mol. The molecule has 4 nitrogen and oxygen atoms in total. The lowest BCUT2D eigenvalue weighted by atomic mass is 10.1. The van der Waals surface area contributed by atoms with Crippen LogP contribution in [0.3, 0.4) is 0 Å². The van der Waals surface area contributed by atoms with Crippen LogP contribution >= 0.6 is 0 Å². The maximum Gasteiger partial charge on any atom is 0.181 e. The third-order valence-corrected chi connectivity index (χ3v) is 3.09. The first-order chi connectivity index (χ1) is 9.83. The topological polar surface area (TPSA) is 51.0 Å². The van der Waals surface area contributed by atoms with Crippen molar-refractivity contribution in [3.63, 3.8) is 0 Å². The van der Waals surface area contributed by atoms with E-state index in [1.54, 1.807) is 12.4 Å². The van der Waals surface area contributed by atoms with Crippen LogP contribution in [0.4, 0.5) is 5.69 Å². The van der Waals surface area contributed by atoms with Crippen LogP contribution in [0.25, 0.3) is 11.3 Å². The van der Waals surface area contributed by atoms with Crippen LogP contribution in [0.15, 0.2) is 65.7 Å². The van der Waals surface area contributed by atoms with Gasteiger partial charge in [0.2, 0.25) is 0 Å². The lowest BCUT2D eigenvalue weighted by Crippen LogP contribution is -2.08. The van der Waals surface area contributed by atoms with Crippen molar-refractivity contribution in [3.8, 4) is 11.3 Å². The number of nitrogens with zero attached hydrogens (tertiary/aromatic N) is 2. The molecule has 0 saturated heterocycles. The summed E-state index contributed by atoms with van der Waals surface area (Å²) in [5.41, 5.74) is 3.04. The molecular formula is C16H15N3O. The van der Waals surface area contributed by atoms with E-state index in [2.05, 4.69) is 22.2 Å². The normalized spacial score (nSPS) is 12.1. The summed E-state index contributed by atoms with van der Waals surface area (Å²) in [6.45, 7) is 2.09. The van der Waals surface area contributed by atoms with Crippen molar-refractivity contribution < 1.29 is 4.42 Å². The zero-order valence-corrected chi connectivity index (χ0v) is 11.2. The Hall–Kier alpha value is -2.62. The van der Waals surface area contributed by atoms with Crippen LogP contribution in [-0.4, -0.2) is 9.97 Å². The van der Waals surface area contributed by atoms with E-state index in [0.29, 0.717) is 0 Å². The van der Waals surface area contributed by atoms with Crippen LogP contribution in [-0.2, 0) is 0 Å². The molecule has 0 aliphatic heterocycles. The van der Waals surface area contributed by atoms with E-state index >= 15 is 0 Å².